The van der Waals surface area contributed by atoms with Crippen molar-refractivity contribution in [3.05, 3.63) is 35.9 Å². The van der Waals surface area contributed by atoms with Crippen molar-refractivity contribution in [2.75, 3.05) is 0 Å². The van der Waals surface area contributed by atoms with E-state index in [2.05, 4.69) is 30.9 Å². The Kier molecular flexibility index (Phi) is 5.33. The summed E-state index contributed by atoms with van der Waals surface area (Å²) in [5, 5.41) is 25.9. The molecule has 92 valence electrons. The Morgan fingerprint density at radius 2 is 1.72 bits per heavy atom. The van der Waals surface area contributed by atoms with Gasteiger partial charge in [0.15, 0.2) is 0 Å². The number of nitrogens with zero attached hydrogens (tertiary/aromatic N) is 6. The van der Waals surface area contributed by atoms with Gasteiger partial charge in [-0.3, -0.25) is 5.41 Å². The molecule has 0 atom stereocenters. The molecule has 1 aromatic carbocycles. The zero-order valence-electron chi connectivity index (χ0n) is 9.30. The summed E-state index contributed by atoms with van der Waals surface area (Å²) in [6, 6.07) is 9.57. The van der Waals surface area contributed by atoms with Gasteiger partial charge >= 0.3 is 0 Å². The van der Waals surface area contributed by atoms with Crippen molar-refractivity contribution in [1.29, 1.82) is 5.41 Å². The second kappa shape index (κ2) is 7.33. The summed E-state index contributed by atoms with van der Waals surface area (Å²) in [6.45, 7) is 0. The lowest BCUT2D eigenvalue weighted by atomic mass is 10.2. The highest BCUT2D eigenvalue weighted by molar-refractivity contribution is 5.81. The first-order valence-electron chi connectivity index (χ1n) is 4.76. The quantitative estimate of drug-likeness (QED) is 0.405. The fourth-order valence-electron chi connectivity index (χ4n) is 0.846. The topological polar surface area (TPSA) is 150 Å². The third-order valence-electron chi connectivity index (χ3n) is 1.50. The summed E-state index contributed by atoms with van der Waals surface area (Å²) in [5.74, 6) is -0.169. The molecule has 9 heteroatoms. The third kappa shape index (κ3) is 5.80. The summed E-state index contributed by atoms with van der Waals surface area (Å²) < 4.78 is 0. The Morgan fingerprint density at radius 1 is 1.11 bits per heavy atom. The Labute approximate surface area is 103 Å². The molecule has 0 aromatic heterocycles. The van der Waals surface area contributed by atoms with Gasteiger partial charge in [0.25, 0.3) is 5.96 Å². The van der Waals surface area contributed by atoms with Crippen LogP contribution in [0.3, 0.4) is 0 Å². The van der Waals surface area contributed by atoms with E-state index in [1.54, 1.807) is 6.21 Å². The first kappa shape index (κ1) is 13.1. The number of hydrogen-bond acceptors (Lipinski definition) is 5. The molecule has 5 N–H and O–H groups in total. The van der Waals surface area contributed by atoms with Crippen LogP contribution in [0.15, 0.2) is 61.2 Å². The molecule has 1 aliphatic heterocycles. The van der Waals surface area contributed by atoms with E-state index < -0.39 is 0 Å². The van der Waals surface area contributed by atoms with Gasteiger partial charge in [-0.25, -0.2) is 0 Å². The molecule has 0 saturated carbocycles. The lowest BCUT2D eigenvalue weighted by molar-refractivity contribution is 1.06. The number of benzene rings is 1. The summed E-state index contributed by atoms with van der Waals surface area (Å²) in [4.78, 5) is 0. The Balaban J connectivity index is 0.000000225. The van der Waals surface area contributed by atoms with E-state index in [4.69, 9.17) is 16.9 Å². The molecule has 0 bridgehead atoms. The fraction of sp³-hybridized carbons (Fsp3) is 0. The standard InChI is InChI=1S/C8H10N4.CHN5/c9-8(10)12-11-6-7-4-2-1-3-5-7;2-1-3-5-6-4-1/h1-6H,(H4,9,10,12);2H/b11-6+;. The maximum absolute atomic E-state index is 6.53. The van der Waals surface area contributed by atoms with Crippen LogP contribution in [0.25, 0.3) is 0 Å². The van der Waals surface area contributed by atoms with Crippen LogP contribution in [0, 0.1) is 5.41 Å². The van der Waals surface area contributed by atoms with E-state index in [1.165, 1.54) is 0 Å². The van der Waals surface area contributed by atoms with Crippen LogP contribution in [-0.2, 0) is 0 Å². The summed E-state index contributed by atoms with van der Waals surface area (Å²) >= 11 is 0. The smallest absolute Gasteiger partial charge is 0.284 e. The molecule has 0 aliphatic carbocycles. The van der Waals surface area contributed by atoms with Crippen LogP contribution in [-0.4, -0.2) is 18.1 Å². The number of hydrogen-bond donors (Lipinski definition) is 3. The average Bonchev–Trinajstić information content (AvgIpc) is 2.82. The average molecular weight is 245 g/mol. The molecule has 9 nitrogen and oxygen atoms in total. The Bertz CT molecular complexity index is 482. The molecular formula is C9H11N9. The Hall–Kier alpha value is -2.97. The molecule has 0 spiro atoms. The van der Waals surface area contributed by atoms with Crippen molar-refractivity contribution in [2.24, 2.45) is 42.3 Å². The molecule has 1 aliphatic rings. The second-order valence-electron chi connectivity index (χ2n) is 2.88. The van der Waals surface area contributed by atoms with E-state index in [0.717, 1.165) is 5.56 Å². The number of nitrogens with one attached hydrogen (secondary N) is 1. The van der Waals surface area contributed by atoms with Crippen LogP contribution in [0.1, 0.15) is 5.56 Å². The molecular weight excluding hydrogens is 234 g/mol. The van der Waals surface area contributed by atoms with Crippen molar-refractivity contribution in [3.63, 3.8) is 0 Å². The summed E-state index contributed by atoms with van der Waals surface area (Å²) in [7, 11) is 0. The van der Waals surface area contributed by atoms with Gasteiger partial charge in [0.2, 0.25) is 5.96 Å². The minimum absolute atomic E-state index is 0.0396. The van der Waals surface area contributed by atoms with Gasteiger partial charge < -0.3 is 11.5 Å². The highest BCUT2D eigenvalue weighted by Gasteiger charge is 1.90. The molecule has 0 radical (unpaired) electrons. The van der Waals surface area contributed by atoms with Gasteiger partial charge in [-0.15, -0.1) is 5.10 Å². The van der Waals surface area contributed by atoms with Crippen molar-refractivity contribution in [1.82, 2.24) is 0 Å². The van der Waals surface area contributed by atoms with Gasteiger partial charge in [-0.05, 0) is 16.0 Å². The SMILES string of the molecule is N=C1N=NN=N1.NC(N)=N/N=C/c1ccccc1. The highest BCUT2D eigenvalue weighted by atomic mass is 15.6. The van der Waals surface area contributed by atoms with Crippen LogP contribution in [0.2, 0.25) is 0 Å². The Morgan fingerprint density at radius 3 is 2.17 bits per heavy atom. The van der Waals surface area contributed by atoms with Crippen molar-refractivity contribution < 1.29 is 0 Å². The van der Waals surface area contributed by atoms with E-state index >= 15 is 0 Å². The first-order chi connectivity index (χ1) is 8.68. The zero-order valence-corrected chi connectivity index (χ0v) is 9.30. The van der Waals surface area contributed by atoms with Crippen LogP contribution >= 0.6 is 0 Å². The van der Waals surface area contributed by atoms with Crippen LogP contribution in [0.5, 0.6) is 0 Å². The van der Waals surface area contributed by atoms with Gasteiger partial charge in [0.05, 0.1) is 6.21 Å². The molecule has 0 amide bonds. The van der Waals surface area contributed by atoms with Crippen molar-refractivity contribution >= 4 is 18.1 Å². The van der Waals surface area contributed by atoms with E-state index in [-0.39, 0.29) is 11.9 Å². The lowest BCUT2D eigenvalue weighted by Gasteiger charge is -1.87. The van der Waals surface area contributed by atoms with E-state index in [0.29, 0.717) is 0 Å². The third-order valence-corrected chi connectivity index (χ3v) is 1.50. The summed E-state index contributed by atoms with van der Waals surface area (Å²) in [6.07, 6.45) is 1.58. The van der Waals surface area contributed by atoms with Gasteiger partial charge in [0, 0.05) is 0 Å². The zero-order chi connectivity index (χ0) is 13.2. The molecule has 18 heavy (non-hydrogen) atoms. The predicted molar refractivity (Wildman–Crippen MR) is 67.3 cm³/mol. The van der Waals surface area contributed by atoms with E-state index in [9.17, 15) is 0 Å². The summed E-state index contributed by atoms with van der Waals surface area (Å²) in [5.41, 5.74) is 11.1. The monoisotopic (exact) mass is 245 g/mol. The molecule has 1 heterocycles. The predicted octanol–water partition coefficient (Wildman–Crippen LogP) is 1.05. The molecule has 0 saturated heterocycles. The minimum Gasteiger partial charge on any atom is -0.369 e. The fourth-order valence-corrected chi connectivity index (χ4v) is 0.846. The molecule has 2 rings (SSSR count). The normalized spacial score (nSPS) is 12.3. The maximum Gasteiger partial charge on any atom is 0.284 e. The van der Waals surface area contributed by atoms with Gasteiger partial charge in [-0.1, -0.05) is 40.6 Å². The maximum atomic E-state index is 6.53. The van der Waals surface area contributed by atoms with Crippen molar-refractivity contribution in [2.45, 2.75) is 0 Å². The number of nitrogens with two attached hydrogens (primary N) is 2. The first-order valence-corrected chi connectivity index (χ1v) is 4.76. The minimum atomic E-state index is -0.130. The molecule has 0 unspecified atom stereocenters. The highest BCUT2D eigenvalue weighted by Crippen LogP contribution is 1.93. The largest absolute Gasteiger partial charge is 0.369 e. The van der Waals surface area contributed by atoms with Gasteiger partial charge in [-0.2, -0.15) is 5.10 Å². The van der Waals surface area contributed by atoms with Crippen LogP contribution < -0.4 is 11.5 Å². The van der Waals surface area contributed by atoms with Crippen LogP contribution in [0.4, 0.5) is 0 Å². The van der Waals surface area contributed by atoms with Crippen molar-refractivity contribution in [3.8, 4) is 0 Å². The number of rotatable bonds is 2. The molecule has 1 aromatic rings. The second-order valence-corrected chi connectivity index (χ2v) is 2.88. The number of guanidine groups is 2. The van der Waals surface area contributed by atoms with E-state index in [1.807, 2.05) is 30.3 Å². The molecule has 0 fully saturated rings. The van der Waals surface area contributed by atoms with Gasteiger partial charge in [0.1, 0.15) is 0 Å². The lowest BCUT2D eigenvalue weighted by Crippen LogP contribution is -2.21.